The van der Waals surface area contributed by atoms with Crippen molar-refractivity contribution in [3.63, 3.8) is 0 Å². The lowest BCUT2D eigenvalue weighted by atomic mass is 10.0. The molecule has 0 aliphatic rings. The zero-order valence-corrected chi connectivity index (χ0v) is 18.7. The Kier molecular flexibility index (Phi) is 6.24. The number of ketones is 1. The number of nitrogens with one attached hydrogen (secondary N) is 1. The number of halogens is 1. The third-order valence-electron chi connectivity index (χ3n) is 5.26. The summed E-state index contributed by atoms with van der Waals surface area (Å²) in [4.78, 5) is 43.1. The molecule has 1 amide bonds. The van der Waals surface area contributed by atoms with E-state index in [9.17, 15) is 14.4 Å². The molecule has 7 nitrogen and oxygen atoms in total. The number of amides is 1. The molecule has 2 aromatic carbocycles. The number of rotatable bonds is 6. The van der Waals surface area contributed by atoms with E-state index in [0.29, 0.717) is 27.5 Å². The van der Waals surface area contributed by atoms with Gasteiger partial charge in [-0.1, -0.05) is 17.7 Å². The molecule has 2 aromatic heterocycles. The Balaban J connectivity index is 1.78. The van der Waals surface area contributed by atoms with Crippen LogP contribution in [0.5, 0.6) is 5.75 Å². The van der Waals surface area contributed by atoms with Crippen molar-refractivity contribution in [2.75, 3.05) is 12.4 Å². The summed E-state index contributed by atoms with van der Waals surface area (Å²) in [5.41, 5.74) is 1.80. The predicted molar refractivity (Wildman–Crippen MR) is 127 cm³/mol. The van der Waals surface area contributed by atoms with Gasteiger partial charge in [0.15, 0.2) is 5.78 Å². The Hall–Kier alpha value is -3.97. The lowest BCUT2D eigenvalue weighted by Crippen LogP contribution is -2.24. The molecular formula is C25H20ClN3O4. The summed E-state index contributed by atoms with van der Waals surface area (Å²) in [7, 11) is 1.49. The first-order valence-electron chi connectivity index (χ1n) is 10.1. The SMILES string of the molecule is COc1ccc2c(c1)c(=O)c(C(=O)c1ccncc1)cn2CC(=O)Nc1cc(Cl)ccc1C. The lowest BCUT2D eigenvalue weighted by Gasteiger charge is -2.15. The molecule has 33 heavy (non-hydrogen) atoms. The van der Waals surface area contributed by atoms with Gasteiger partial charge in [-0.15, -0.1) is 0 Å². The number of ether oxygens (including phenoxy) is 1. The molecule has 0 aliphatic heterocycles. The number of fused-ring (bicyclic) bond motifs is 1. The molecule has 0 bridgehead atoms. The molecule has 1 N–H and O–H groups in total. The van der Waals surface area contributed by atoms with Gasteiger partial charge in [0.05, 0.1) is 23.6 Å². The van der Waals surface area contributed by atoms with Crippen LogP contribution in [0, 0.1) is 6.92 Å². The second-order valence-electron chi connectivity index (χ2n) is 7.46. The van der Waals surface area contributed by atoms with Crippen LogP contribution in [0.2, 0.25) is 5.02 Å². The first-order chi connectivity index (χ1) is 15.9. The van der Waals surface area contributed by atoms with Gasteiger partial charge in [-0.25, -0.2) is 0 Å². The maximum atomic E-state index is 13.2. The van der Waals surface area contributed by atoms with E-state index in [1.807, 2.05) is 13.0 Å². The molecule has 0 atom stereocenters. The van der Waals surface area contributed by atoms with E-state index in [-0.39, 0.29) is 23.4 Å². The minimum absolute atomic E-state index is 0.0475. The van der Waals surface area contributed by atoms with Crippen LogP contribution >= 0.6 is 11.6 Å². The van der Waals surface area contributed by atoms with Crippen LogP contribution in [0.1, 0.15) is 21.5 Å². The summed E-state index contributed by atoms with van der Waals surface area (Å²) in [6, 6.07) is 13.2. The number of hydrogen-bond donors (Lipinski definition) is 1. The number of pyridine rings is 2. The van der Waals surface area contributed by atoms with E-state index in [2.05, 4.69) is 10.3 Å². The van der Waals surface area contributed by atoms with Crippen LogP contribution in [-0.2, 0) is 11.3 Å². The second kappa shape index (κ2) is 9.26. The molecule has 0 spiro atoms. The number of aromatic nitrogens is 2. The van der Waals surface area contributed by atoms with E-state index < -0.39 is 11.2 Å². The summed E-state index contributed by atoms with van der Waals surface area (Å²) in [5.74, 6) is -0.311. The third kappa shape index (κ3) is 4.63. The van der Waals surface area contributed by atoms with Crippen molar-refractivity contribution in [2.24, 2.45) is 0 Å². The molecule has 0 aliphatic carbocycles. The van der Waals surface area contributed by atoms with Gasteiger partial charge in [0.25, 0.3) is 0 Å². The summed E-state index contributed by atoms with van der Waals surface area (Å²) in [6.07, 6.45) is 4.39. The lowest BCUT2D eigenvalue weighted by molar-refractivity contribution is -0.116. The van der Waals surface area contributed by atoms with Gasteiger partial charge in [-0.05, 0) is 55.0 Å². The highest BCUT2D eigenvalue weighted by atomic mass is 35.5. The molecule has 0 saturated heterocycles. The van der Waals surface area contributed by atoms with Crippen molar-refractivity contribution in [3.05, 3.63) is 99.1 Å². The van der Waals surface area contributed by atoms with E-state index in [0.717, 1.165) is 5.56 Å². The van der Waals surface area contributed by atoms with Crippen LogP contribution in [0.4, 0.5) is 5.69 Å². The van der Waals surface area contributed by atoms with Crippen LogP contribution < -0.4 is 15.5 Å². The zero-order chi connectivity index (χ0) is 23.5. The van der Waals surface area contributed by atoms with Crippen molar-refractivity contribution in [3.8, 4) is 5.75 Å². The van der Waals surface area contributed by atoms with Crippen molar-refractivity contribution in [1.29, 1.82) is 0 Å². The number of carbonyl (C=O) groups excluding carboxylic acids is 2. The van der Waals surface area contributed by atoms with Crippen molar-refractivity contribution < 1.29 is 14.3 Å². The Labute approximate surface area is 194 Å². The standard InChI is InChI=1S/C25H20ClN3O4/c1-15-3-4-17(26)11-21(15)28-23(30)14-29-13-20(24(31)16-7-9-27-10-8-16)25(32)19-12-18(33-2)5-6-22(19)29/h3-13H,14H2,1-2H3,(H,28,30). The van der Waals surface area contributed by atoms with E-state index in [1.165, 1.54) is 37.8 Å². The number of methoxy groups -OCH3 is 1. The first kappa shape index (κ1) is 22.2. The fourth-order valence-electron chi connectivity index (χ4n) is 3.53. The van der Waals surface area contributed by atoms with Gasteiger partial charge >= 0.3 is 0 Å². The maximum Gasteiger partial charge on any atom is 0.244 e. The summed E-state index contributed by atoms with van der Waals surface area (Å²) < 4.78 is 6.84. The number of carbonyl (C=O) groups is 2. The normalized spacial score (nSPS) is 10.8. The smallest absolute Gasteiger partial charge is 0.244 e. The van der Waals surface area contributed by atoms with E-state index >= 15 is 0 Å². The Morgan fingerprint density at radius 1 is 1.09 bits per heavy atom. The predicted octanol–water partition coefficient (Wildman–Crippen LogP) is 4.24. The number of hydrogen-bond acceptors (Lipinski definition) is 5. The number of anilines is 1. The van der Waals surface area contributed by atoms with Crippen LogP contribution in [0.25, 0.3) is 10.9 Å². The molecule has 8 heteroatoms. The van der Waals surface area contributed by atoms with Gasteiger partial charge in [0.2, 0.25) is 11.3 Å². The summed E-state index contributed by atoms with van der Waals surface area (Å²) in [6.45, 7) is 1.74. The molecule has 0 saturated carbocycles. The molecule has 4 aromatic rings. The topological polar surface area (TPSA) is 90.3 Å². The average molecular weight is 462 g/mol. The van der Waals surface area contributed by atoms with E-state index in [4.69, 9.17) is 16.3 Å². The number of nitrogens with zero attached hydrogens (tertiary/aromatic N) is 2. The van der Waals surface area contributed by atoms with Gasteiger partial charge < -0.3 is 14.6 Å². The highest BCUT2D eigenvalue weighted by Gasteiger charge is 2.19. The molecular weight excluding hydrogens is 442 g/mol. The molecule has 2 heterocycles. The van der Waals surface area contributed by atoms with Crippen LogP contribution in [0.3, 0.4) is 0 Å². The van der Waals surface area contributed by atoms with Crippen molar-refractivity contribution in [1.82, 2.24) is 9.55 Å². The Morgan fingerprint density at radius 2 is 1.85 bits per heavy atom. The fourth-order valence-corrected chi connectivity index (χ4v) is 3.70. The minimum Gasteiger partial charge on any atom is -0.497 e. The van der Waals surface area contributed by atoms with E-state index in [1.54, 1.807) is 34.9 Å². The van der Waals surface area contributed by atoms with Gasteiger partial charge in [0, 0.05) is 34.9 Å². The monoisotopic (exact) mass is 461 g/mol. The van der Waals surface area contributed by atoms with Crippen molar-refractivity contribution in [2.45, 2.75) is 13.5 Å². The third-order valence-corrected chi connectivity index (χ3v) is 5.50. The molecule has 4 rings (SSSR count). The van der Waals surface area contributed by atoms with Crippen LogP contribution in [-0.4, -0.2) is 28.4 Å². The maximum absolute atomic E-state index is 13.2. The average Bonchev–Trinajstić information content (AvgIpc) is 2.83. The largest absolute Gasteiger partial charge is 0.497 e. The van der Waals surface area contributed by atoms with Gasteiger partial charge in [-0.3, -0.25) is 19.4 Å². The molecule has 0 unspecified atom stereocenters. The minimum atomic E-state index is -0.452. The highest BCUT2D eigenvalue weighted by Crippen LogP contribution is 2.22. The summed E-state index contributed by atoms with van der Waals surface area (Å²) >= 11 is 6.05. The van der Waals surface area contributed by atoms with Crippen LogP contribution in [0.15, 0.2) is 71.9 Å². The first-order valence-corrected chi connectivity index (χ1v) is 10.5. The Morgan fingerprint density at radius 3 is 2.58 bits per heavy atom. The molecule has 0 fully saturated rings. The quantitative estimate of drug-likeness (QED) is 0.434. The zero-order valence-electron chi connectivity index (χ0n) is 18.0. The van der Waals surface area contributed by atoms with Gasteiger partial charge in [-0.2, -0.15) is 0 Å². The van der Waals surface area contributed by atoms with Gasteiger partial charge in [0.1, 0.15) is 12.3 Å². The molecule has 0 radical (unpaired) electrons. The molecule has 166 valence electrons. The second-order valence-corrected chi connectivity index (χ2v) is 7.89. The fraction of sp³-hybridized carbons (Fsp3) is 0.120. The highest BCUT2D eigenvalue weighted by molar-refractivity contribution is 6.31. The van der Waals surface area contributed by atoms with Crippen molar-refractivity contribution >= 4 is 39.9 Å². The Bertz CT molecular complexity index is 1430. The number of aryl methyl sites for hydroxylation is 1. The number of benzene rings is 2. The summed E-state index contributed by atoms with van der Waals surface area (Å²) in [5, 5.41) is 3.62.